The van der Waals surface area contributed by atoms with Crippen molar-refractivity contribution in [2.24, 2.45) is 5.73 Å². The Morgan fingerprint density at radius 2 is 2.11 bits per heavy atom. The lowest BCUT2D eigenvalue weighted by atomic mass is 10.1. The van der Waals surface area contributed by atoms with Gasteiger partial charge in [0.15, 0.2) is 0 Å². The van der Waals surface area contributed by atoms with Crippen LogP contribution in [0.15, 0.2) is 12.1 Å². The van der Waals surface area contributed by atoms with Crippen LogP contribution < -0.4 is 5.73 Å². The first kappa shape index (κ1) is 16.1. The van der Waals surface area contributed by atoms with Gasteiger partial charge in [-0.1, -0.05) is 12.8 Å². The fraction of sp³-hybridized carbons (Fsp3) is 0.643. The van der Waals surface area contributed by atoms with E-state index < -0.39 is 5.97 Å². The SMILES string of the molecule is NC(CCCCCF)c1ccc(CCCC(=O)O)s1. The second-order valence-electron chi connectivity index (χ2n) is 4.70. The molecule has 19 heavy (non-hydrogen) atoms. The number of carbonyl (C=O) groups is 1. The molecule has 0 aromatic carbocycles. The van der Waals surface area contributed by atoms with Crippen molar-refractivity contribution >= 4 is 17.3 Å². The van der Waals surface area contributed by atoms with Crippen molar-refractivity contribution in [3.05, 3.63) is 21.9 Å². The Balaban J connectivity index is 2.30. The highest BCUT2D eigenvalue weighted by Crippen LogP contribution is 2.26. The van der Waals surface area contributed by atoms with E-state index in [1.807, 2.05) is 12.1 Å². The maximum atomic E-state index is 11.9. The second-order valence-corrected chi connectivity index (χ2v) is 5.90. The van der Waals surface area contributed by atoms with Crippen molar-refractivity contribution in [3.63, 3.8) is 0 Å². The number of thiophene rings is 1. The minimum absolute atomic E-state index is 0.0258. The normalized spacial score (nSPS) is 12.5. The first-order valence-electron chi connectivity index (χ1n) is 6.75. The molecule has 1 rings (SSSR count). The summed E-state index contributed by atoms with van der Waals surface area (Å²) in [5, 5.41) is 8.58. The summed E-state index contributed by atoms with van der Waals surface area (Å²) in [5.41, 5.74) is 6.09. The summed E-state index contributed by atoms with van der Waals surface area (Å²) in [6.45, 7) is -0.248. The number of nitrogens with two attached hydrogens (primary N) is 1. The smallest absolute Gasteiger partial charge is 0.303 e. The van der Waals surface area contributed by atoms with Crippen LogP contribution in [-0.2, 0) is 11.2 Å². The van der Waals surface area contributed by atoms with Crippen molar-refractivity contribution in [2.45, 2.75) is 51.0 Å². The van der Waals surface area contributed by atoms with Gasteiger partial charge in [-0.05, 0) is 37.8 Å². The van der Waals surface area contributed by atoms with Crippen LogP contribution in [0.3, 0.4) is 0 Å². The zero-order valence-electron chi connectivity index (χ0n) is 11.1. The van der Waals surface area contributed by atoms with Gasteiger partial charge in [-0.25, -0.2) is 0 Å². The standard InChI is InChI=1S/C14H22FNO2S/c15-10-3-1-2-6-12(16)13-9-8-11(19-13)5-4-7-14(17)18/h8-9,12H,1-7,10,16H2,(H,17,18). The van der Waals surface area contributed by atoms with Gasteiger partial charge < -0.3 is 10.8 Å². The number of halogens is 1. The lowest BCUT2D eigenvalue weighted by Gasteiger charge is -2.08. The molecule has 5 heteroatoms. The van der Waals surface area contributed by atoms with Crippen molar-refractivity contribution in [2.75, 3.05) is 6.67 Å². The quantitative estimate of drug-likeness (QED) is 0.645. The fourth-order valence-corrected chi connectivity index (χ4v) is 3.01. The third-order valence-corrected chi connectivity index (χ3v) is 4.29. The molecule has 0 aliphatic rings. The molecule has 3 N–H and O–H groups in total. The van der Waals surface area contributed by atoms with Crippen molar-refractivity contribution in [3.8, 4) is 0 Å². The summed E-state index contributed by atoms with van der Waals surface area (Å²) in [7, 11) is 0. The van der Waals surface area contributed by atoms with Gasteiger partial charge in [-0.3, -0.25) is 9.18 Å². The van der Waals surface area contributed by atoms with Crippen LogP contribution in [0.4, 0.5) is 4.39 Å². The molecule has 1 aromatic heterocycles. The van der Waals surface area contributed by atoms with E-state index in [0.29, 0.717) is 12.8 Å². The molecule has 1 atom stereocenters. The van der Waals surface area contributed by atoms with Crippen LogP contribution in [0.1, 0.15) is 54.3 Å². The average molecular weight is 287 g/mol. The van der Waals surface area contributed by atoms with Gasteiger partial charge in [0.1, 0.15) is 0 Å². The molecular formula is C14H22FNO2S. The molecular weight excluding hydrogens is 265 g/mol. The molecule has 0 saturated carbocycles. The zero-order chi connectivity index (χ0) is 14.1. The third kappa shape index (κ3) is 6.68. The van der Waals surface area contributed by atoms with Crippen LogP contribution in [0.5, 0.6) is 0 Å². The van der Waals surface area contributed by atoms with E-state index in [0.717, 1.165) is 30.6 Å². The van der Waals surface area contributed by atoms with Gasteiger partial charge in [0, 0.05) is 22.2 Å². The summed E-state index contributed by atoms with van der Waals surface area (Å²) in [5.74, 6) is -0.749. The second kappa shape index (κ2) is 9.04. The molecule has 0 aliphatic carbocycles. The third-order valence-electron chi connectivity index (χ3n) is 3.01. The van der Waals surface area contributed by atoms with Crippen molar-refractivity contribution < 1.29 is 14.3 Å². The van der Waals surface area contributed by atoms with Crippen molar-refractivity contribution in [1.29, 1.82) is 0 Å². The molecule has 1 unspecified atom stereocenters. The zero-order valence-corrected chi connectivity index (χ0v) is 11.9. The molecule has 0 saturated heterocycles. The number of hydrogen-bond acceptors (Lipinski definition) is 3. The highest BCUT2D eigenvalue weighted by molar-refractivity contribution is 7.12. The molecule has 0 bridgehead atoms. The van der Waals surface area contributed by atoms with Crippen LogP contribution >= 0.6 is 11.3 Å². The van der Waals surface area contributed by atoms with E-state index in [1.54, 1.807) is 11.3 Å². The lowest BCUT2D eigenvalue weighted by Crippen LogP contribution is -2.08. The van der Waals surface area contributed by atoms with Crippen molar-refractivity contribution in [1.82, 2.24) is 0 Å². The number of carboxylic acids is 1. The summed E-state index contributed by atoms with van der Waals surface area (Å²) < 4.78 is 11.9. The minimum atomic E-state index is -0.749. The van der Waals surface area contributed by atoms with Gasteiger partial charge in [-0.2, -0.15) is 0 Å². The first-order valence-corrected chi connectivity index (χ1v) is 7.57. The molecule has 1 aromatic rings. The van der Waals surface area contributed by atoms with Gasteiger partial charge in [0.05, 0.1) is 6.67 Å². The number of aliphatic carboxylic acids is 1. The van der Waals surface area contributed by atoms with Gasteiger partial charge in [0.2, 0.25) is 0 Å². The number of carboxylic acid groups (broad SMARTS) is 1. The Morgan fingerprint density at radius 1 is 1.32 bits per heavy atom. The molecule has 0 amide bonds. The van der Waals surface area contributed by atoms with E-state index in [9.17, 15) is 9.18 Å². The Hall–Kier alpha value is -0.940. The number of hydrogen-bond donors (Lipinski definition) is 2. The molecule has 3 nitrogen and oxygen atoms in total. The maximum Gasteiger partial charge on any atom is 0.303 e. The largest absolute Gasteiger partial charge is 0.481 e. The number of alkyl halides is 1. The number of aryl methyl sites for hydroxylation is 1. The predicted molar refractivity (Wildman–Crippen MR) is 76.3 cm³/mol. The molecule has 1 heterocycles. The topological polar surface area (TPSA) is 63.3 Å². The Morgan fingerprint density at radius 3 is 2.79 bits per heavy atom. The molecule has 108 valence electrons. The molecule has 0 aliphatic heterocycles. The maximum absolute atomic E-state index is 11.9. The Bertz CT molecular complexity index is 381. The van der Waals surface area contributed by atoms with Gasteiger partial charge >= 0.3 is 5.97 Å². The molecule has 0 radical (unpaired) electrons. The van der Waals surface area contributed by atoms with Gasteiger partial charge in [0.25, 0.3) is 0 Å². The van der Waals surface area contributed by atoms with Crippen LogP contribution in [0.2, 0.25) is 0 Å². The first-order chi connectivity index (χ1) is 9.13. The van der Waals surface area contributed by atoms with Crippen LogP contribution in [0.25, 0.3) is 0 Å². The Labute approximate surface area is 117 Å². The van der Waals surface area contributed by atoms with E-state index in [-0.39, 0.29) is 19.1 Å². The lowest BCUT2D eigenvalue weighted by molar-refractivity contribution is -0.137. The number of unbranched alkanes of at least 4 members (excludes halogenated alkanes) is 2. The number of rotatable bonds is 10. The van der Waals surface area contributed by atoms with E-state index in [1.165, 1.54) is 4.88 Å². The van der Waals surface area contributed by atoms with E-state index >= 15 is 0 Å². The monoisotopic (exact) mass is 287 g/mol. The fourth-order valence-electron chi connectivity index (χ4n) is 1.92. The highest BCUT2D eigenvalue weighted by atomic mass is 32.1. The molecule has 0 fully saturated rings. The predicted octanol–water partition coefficient (Wildman–Crippen LogP) is 3.69. The summed E-state index contributed by atoms with van der Waals surface area (Å²) in [6, 6.07) is 4.09. The van der Waals surface area contributed by atoms with Gasteiger partial charge in [-0.15, -0.1) is 11.3 Å². The molecule has 0 spiro atoms. The summed E-state index contributed by atoms with van der Waals surface area (Å²) in [4.78, 5) is 12.8. The Kier molecular flexibility index (Phi) is 7.67. The van der Waals surface area contributed by atoms with Crippen LogP contribution in [-0.4, -0.2) is 17.8 Å². The summed E-state index contributed by atoms with van der Waals surface area (Å²) >= 11 is 1.66. The van der Waals surface area contributed by atoms with Crippen LogP contribution in [0, 0.1) is 0 Å². The highest BCUT2D eigenvalue weighted by Gasteiger charge is 2.09. The average Bonchev–Trinajstić information content (AvgIpc) is 2.83. The van der Waals surface area contributed by atoms with E-state index in [4.69, 9.17) is 10.8 Å². The minimum Gasteiger partial charge on any atom is -0.481 e. The van der Waals surface area contributed by atoms with E-state index in [2.05, 4.69) is 0 Å². The summed E-state index contributed by atoms with van der Waals surface area (Å²) in [6.07, 6.45) is 5.03.